The van der Waals surface area contributed by atoms with E-state index >= 15 is 0 Å². The summed E-state index contributed by atoms with van der Waals surface area (Å²) in [6.45, 7) is 6.78. The zero-order chi connectivity index (χ0) is 19.8. The van der Waals surface area contributed by atoms with Crippen LogP contribution in [0.3, 0.4) is 0 Å². The Morgan fingerprint density at radius 2 is 1.61 bits per heavy atom. The predicted octanol–water partition coefficient (Wildman–Crippen LogP) is 4.66. The third-order valence-corrected chi connectivity index (χ3v) is 5.29. The molecule has 0 spiro atoms. The molecule has 3 rings (SSSR count). The molecule has 1 amide bonds. The Morgan fingerprint density at radius 1 is 1.00 bits per heavy atom. The van der Waals surface area contributed by atoms with Crippen molar-refractivity contribution in [2.45, 2.75) is 33.1 Å². The lowest BCUT2D eigenvalue weighted by molar-refractivity contribution is 0.00457. The second kappa shape index (κ2) is 9.57. The number of hydrogen-bond acceptors (Lipinski definition) is 2. The maximum atomic E-state index is 12.6. The number of rotatable bonds is 5. The van der Waals surface area contributed by atoms with Crippen molar-refractivity contribution in [3.8, 4) is 11.8 Å². The van der Waals surface area contributed by atoms with Crippen LogP contribution in [0.2, 0.25) is 0 Å². The molecule has 0 saturated carbocycles. The van der Waals surface area contributed by atoms with Gasteiger partial charge in [-0.25, -0.2) is 0 Å². The molecule has 0 bridgehead atoms. The Bertz CT molecular complexity index is 822. The van der Waals surface area contributed by atoms with Crippen LogP contribution in [0.25, 0.3) is 0 Å². The van der Waals surface area contributed by atoms with Gasteiger partial charge in [0.15, 0.2) is 0 Å². The van der Waals surface area contributed by atoms with E-state index in [4.69, 9.17) is 4.74 Å². The summed E-state index contributed by atoms with van der Waals surface area (Å²) >= 11 is 0. The molecular formula is C25H29NO2. The van der Waals surface area contributed by atoms with Gasteiger partial charge < -0.3 is 10.1 Å². The van der Waals surface area contributed by atoms with Crippen molar-refractivity contribution in [2.75, 3.05) is 19.8 Å². The first-order valence-corrected chi connectivity index (χ1v) is 10.1. The highest BCUT2D eigenvalue weighted by atomic mass is 16.5. The molecule has 3 heteroatoms. The van der Waals surface area contributed by atoms with Gasteiger partial charge in [-0.2, -0.15) is 0 Å². The summed E-state index contributed by atoms with van der Waals surface area (Å²) in [5.41, 5.74) is 2.72. The Kier molecular flexibility index (Phi) is 6.90. The van der Waals surface area contributed by atoms with Gasteiger partial charge in [0.1, 0.15) is 0 Å². The van der Waals surface area contributed by atoms with Gasteiger partial charge in [-0.05, 0) is 67.0 Å². The normalized spacial score (nSPS) is 15.5. The van der Waals surface area contributed by atoms with Crippen LogP contribution in [0.1, 0.15) is 54.6 Å². The van der Waals surface area contributed by atoms with E-state index in [9.17, 15) is 4.79 Å². The summed E-state index contributed by atoms with van der Waals surface area (Å²) in [6, 6.07) is 17.4. The molecule has 0 aromatic heterocycles. The summed E-state index contributed by atoms with van der Waals surface area (Å²) < 4.78 is 5.54. The van der Waals surface area contributed by atoms with E-state index in [1.165, 1.54) is 0 Å². The number of hydrogen-bond donors (Lipinski definition) is 1. The first-order valence-electron chi connectivity index (χ1n) is 10.1. The fourth-order valence-electron chi connectivity index (χ4n) is 3.86. The lowest BCUT2D eigenvalue weighted by Gasteiger charge is -2.38. The number of carbonyl (C=O) groups excluding carboxylic acids is 1. The molecule has 1 N–H and O–H groups in total. The molecule has 146 valence electrons. The van der Waals surface area contributed by atoms with E-state index < -0.39 is 0 Å². The van der Waals surface area contributed by atoms with E-state index in [1.54, 1.807) is 0 Å². The summed E-state index contributed by atoms with van der Waals surface area (Å²) in [5.74, 6) is 6.87. The SMILES string of the molecule is CC(C)CC1(CNC(=O)c2ccc(C#Cc3ccccc3)cc2)CCOCC1. The molecule has 0 radical (unpaired) electrons. The lowest BCUT2D eigenvalue weighted by atomic mass is 9.74. The molecule has 1 aliphatic heterocycles. The van der Waals surface area contributed by atoms with Crippen LogP contribution in [0.4, 0.5) is 0 Å². The zero-order valence-corrected chi connectivity index (χ0v) is 16.8. The molecule has 1 saturated heterocycles. The molecule has 1 aliphatic rings. The standard InChI is InChI=1S/C25H29NO2/c1-20(2)18-25(14-16-28-17-15-25)19-26-24(27)23-12-10-22(11-13-23)9-8-21-6-4-3-5-7-21/h3-7,10-13,20H,14-19H2,1-2H3,(H,26,27). The van der Waals surface area contributed by atoms with Gasteiger partial charge in [-0.1, -0.05) is 43.9 Å². The average molecular weight is 376 g/mol. The second-order valence-electron chi connectivity index (χ2n) is 8.09. The average Bonchev–Trinajstić information content (AvgIpc) is 2.72. The summed E-state index contributed by atoms with van der Waals surface area (Å²) in [6.07, 6.45) is 3.14. The fraction of sp³-hybridized carbons (Fsp3) is 0.400. The third kappa shape index (κ3) is 5.71. The number of carbonyl (C=O) groups is 1. The van der Waals surface area contributed by atoms with Crippen LogP contribution < -0.4 is 5.32 Å². The lowest BCUT2D eigenvalue weighted by Crippen LogP contribution is -2.42. The largest absolute Gasteiger partial charge is 0.381 e. The van der Waals surface area contributed by atoms with Crippen molar-refractivity contribution >= 4 is 5.91 Å². The first-order chi connectivity index (χ1) is 13.6. The Morgan fingerprint density at radius 3 is 2.21 bits per heavy atom. The highest BCUT2D eigenvalue weighted by molar-refractivity contribution is 5.94. The van der Waals surface area contributed by atoms with Crippen LogP contribution in [0.5, 0.6) is 0 Å². The van der Waals surface area contributed by atoms with Gasteiger partial charge >= 0.3 is 0 Å². The number of benzene rings is 2. The number of nitrogens with one attached hydrogen (secondary N) is 1. The smallest absolute Gasteiger partial charge is 0.251 e. The number of ether oxygens (including phenoxy) is 1. The van der Waals surface area contributed by atoms with Crippen LogP contribution in [0.15, 0.2) is 54.6 Å². The van der Waals surface area contributed by atoms with Gasteiger partial charge in [0, 0.05) is 36.4 Å². The summed E-state index contributed by atoms with van der Waals surface area (Å²) in [7, 11) is 0. The highest BCUT2D eigenvalue weighted by Gasteiger charge is 2.33. The van der Waals surface area contributed by atoms with Gasteiger partial charge in [-0.15, -0.1) is 0 Å². The molecule has 0 atom stereocenters. The van der Waals surface area contributed by atoms with E-state index in [2.05, 4.69) is 31.0 Å². The van der Waals surface area contributed by atoms with Crippen molar-refractivity contribution in [3.63, 3.8) is 0 Å². The highest BCUT2D eigenvalue weighted by Crippen LogP contribution is 2.36. The Labute approximate surface area is 168 Å². The van der Waals surface area contributed by atoms with Crippen LogP contribution in [-0.2, 0) is 4.74 Å². The van der Waals surface area contributed by atoms with Crippen LogP contribution in [-0.4, -0.2) is 25.7 Å². The molecule has 0 aliphatic carbocycles. The monoisotopic (exact) mass is 375 g/mol. The molecule has 1 fully saturated rings. The van der Waals surface area contributed by atoms with Crippen LogP contribution >= 0.6 is 0 Å². The molecular weight excluding hydrogens is 346 g/mol. The molecule has 2 aromatic rings. The molecule has 2 aromatic carbocycles. The topological polar surface area (TPSA) is 38.3 Å². The Hall–Kier alpha value is -2.57. The third-order valence-electron chi connectivity index (χ3n) is 5.29. The van der Waals surface area contributed by atoms with Gasteiger partial charge in [0.05, 0.1) is 0 Å². The maximum absolute atomic E-state index is 12.6. The molecule has 3 nitrogen and oxygen atoms in total. The molecule has 28 heavy (non-hydrogen) atoms. The predicted molar refractivity (Wildman–Crippen MR) is 113 cm³/mol. The molecule has 1 heterocycles. The van der Waals surface area contributed by atoms with Crippen molar-refractivity contribution in [3.05, 3.63) is 71.3 Å². The second-order valence-corrected chi connectivity index (χ2v) is 8.09. The van der Waals surface area contributed by atoms with Crippen LogP contribution in [0, 0.1) is 23.2 Å². The van der Waals surface area contributed by atoms with Gasteiger partial charge in [-0.3, -0.25) is 4.79 Å². The maximum Gasteiger partial charge on any atom is 0.251 e. The van der Waals surface area contributed by atoms with Crippen molar-refractivity contribution in [1.82, 2.24) is 5.32 Å². The van der Waals surface area contributed by atoms with E-state index in [0.717, 1.165) is 43.6 Å². The minimum atomic E-state index is -0.0165. The minimum absolute atomic E-state index is 0.0165. The fourth-order valence-corrected chi connectivity index (χ4v) is 3.86. The molecule has 0 unspecified atom stereocenters. The quantitative estimate of drug-likeness (QED) is 0.772. The van der Waals surface area contributed by atoms with Gasteiger partial charge in [0.25, 0.3) is 5.91 Å². The first kappa shape index (κ1) is 20.2. The van der Waals surface area contributed by atoms with E-state index in [1.807, 2.05) is 54.6 Å². The minimum Gasteiger partial charge on any atom is -0.381 e. The number of amides is 1. The summed E-state index contributed by atoms with van der Waals surface area (Å²) in [5, 5.41) is 3.16. The van der Waals surface area contributed by atoms with Crippen molar-refractivity contribution in [2.24, 2.45) is 11.3 Å². The van der Waals surface area contributed by atoms with Crippen molar-refractivity contribution in [1.29, 1.82) is 0 Å². The van der Waals surface area contributed by atoms with E-state index in [0.29, 0.717) is 18.0 Å². The summed E-state index contributed by atoms with van der Waals surface area (Å²) in [4.78, 5) is 12.6. The van der Waals surface area contributed by atoms with Crippen molar-refractivity contribution < 1.29 is 9.53 Å². The van der Waals surface area contributed by atoms with E-state index in [-0.39, 0.29) is 11.3 Å². The van der Waals surface area contributed by atoms with Gasteiger partial charge in [0.2, 0.25) is 0 Å². The zero-order valence-electron chi connectivity index (χ0n) is 16.8. The Balaban J connectivity index is 1.60.